The number of furan rings is 2. The summed E-state index contributed by atoms with van der Waals surface area (Å²) in [5.41, 5.74) is 12.4. The van der Waals surface area contributed by atoms with Crippen LogP contribution in [0, 0.1) is 0 Å². The lowest BCUT2D eigenvalue weighted by molar-refractivity contribution is 0.668. The van der Waals surface area contributed by atoms with E-state index in [2.05, 4.69) is 121 Å². The van der Waals surface area contributed by atoms with Crippen molar-refractivity contribution in [3.63, 3.8) is 0 Å². The number of para-hydroxylation sites is 2. The predicted octanol–water partition coefficient (Wildman–Crippen LogP) is 13.7. The van der Waals surface area contributed by atoms with Crippen molar-refractivity contribution in [1.29, 1.82) is 0 Å². The van der Waals surface area contributed by atoms with Crippen molar-refractivity contribution >= 4 is 43.9 Å². The molecule has 11 rings (SSSR count). The van der Waals surface area contributed by atoms with Crippen LogP contribution in [-0.4, -0.2) is 15.0 Å². The van der Waals surface area contributed by atoms with Gasteiger partial charge in [0, 0.05) is 43.8 Å². The van der Waals surface area contributed by atoms with Crippen molar-refractivity contribution in [3.8, 4) is 67.5 Å². The third-order valence-electron chi connectivity index (χ3n) is 10.5. The van der Waals surface area contributed by atoms with Gasteiger partial charge in [-0.2, -0.15) is 0 Å². The highest BCUT2D eigenvalue weighted by molar-refractivity contribution is 6.17. The highest BCUT2D eigenvalue weighted by atomic mass is 16.3. The van der Waals surface area contributed by atoms with Crippen LogP contribution in [0.15, 0.2) is 197 Å². The monoisotopic (exact) mass is 717 g/mol. The number of benzene rings is 8. The first-order valence-electron chi connectivity index (χ1n) is 18.7. The van der Waals surface area contributed by atoms with Crippen molar-refractivity contribution in [2.45, 2.75) is 0 Å². The first-order valence-corrected chi connectivity index (χ1v) is 18.7. The second kappa shape index (κ2) is 13.0. The number of aromatic nitrogens is 3. The van der Waals surface area contributed by atoms with Crippen LogP contribution in [-0.2, 0) is 0 Å². The molecule has 56 heavy (non-hydrogen) atoms. The number of nitrogens with zero attached hydrogens (tertiary/aromatic N) is 3. The van der Waals surface area contributed by atoms with E-state index in [0.717, 1.165) is 93.9 Å². The lowest BCUT2D eigenvalue weighted by Gasteiger charge is -2.10. The van der Waals surface area contributed by atoms with Gasteiger partial charge >= 0.3 is 0 Å². The topological polar surface area (TPSA) is 65.0 Å². The molecule has 0 unspecified atom stereocenters. The van der Waals surface area contributed by atoms with Gasteiger partial charge in [0.25, 0.3) is 0 Å². The third kappa shape index (κ3) is 5.37. The van der Waals surface area contributed by atoms with Gasteiger partial charge in [0.15, 0.2) is 17.5 Å². The molecule has 3 aromatic heterocycles. The van der Waals surface area contributed by atoms with Gasteiger partial charge in [0.1, 0.15) is 22.3 Å². The van der Waals surface area contributed by atoms with Gasteiger partial charge in [-0.1, -0.05) is 158 Å². The summed E-state index contributed by atoms with van der Waals surface area (Å²) >= 11 is 0. The zero-order valence-electron chi connectivity index (χ0n) is 30.1. The van der Waals surface area contributed by atoms with Crippen LogP contribution in [0.4, 0.5) is 0 Å². The summed E-state index contributed by atoms with van der Waals surface area (Å²) in [6.07, 6.45) is 0. The summed E-state index contributed by atoms with van der Waals surface area (Å²) in [6.45, 7) is 0. The Kier molecular flexibility index (Phi) is 7.42. The Balaban J connectivity index is 1.12. The third-order valence-corrected chi connectivity index (χ3v) is 10.5. The summed E-state index contributed by atoms with van der Waals surface area (Å²) in [6, 6.07) is 64.4. The molecular formula is C51H31N3O2. The van der Waals surface area contributed by atoms with E-state index in [1.54, 1.807) is 0 Å². The van der Waals surface area contributed by atoms with Crippen LogP contribution >= 0.6 is 0 Å². The maximum atomic E-state index is 6.81. The van der Waals surface area contributed by atoms with Crippen LogP contribution in [0.2, 0.25) is 0 Å². The van der Waals surface area contributed by atoms with Gasteiger partial charge in [-0.15, -0.1) is 0 Å². The van der Waals surface area contributed by atoms with Crippen molar-refractivity contribution in [1.82, 2.24) is 15.0 Å². The van der Waals surface area contributed by atoms with Crippen LogP contribution in [0.3, 0.4) is 0 Å². The van der Waals surface area contributed by atoms with Crippen molar-refractivity contribution in [2.75, 3.05) is 0 Å². The minimum Gasteiger partial charge on any atom is -0.456 e. The molecule has 0 saturated heterocycles. The fraction of sp³-hybridized carbons (Fsp3) is 0. The molecule has 5 nitrogen and oxygen atoms in total. The zero-order valence-corrected chi connectivity index (χ0v) is 30.1. The number of hydrogen-bond acceptors (Lipinski definition) is 5. The Morgan fingerprint density at radius 3 is 1.64 bits per heavy atom. The van der Waals surface area contributed by atoms with E-state index in [1.165, 1.54) is 0 Å². The molecule has 0 aliphatic rings. The molecule has 0 aliphatic heterocycles. The molecule has 0 aliphatic carbocycles. The Bertz CT molecular complexity index is 3240. The van der Waals surface area contributed by atoms with Crippen molar-refractivity contribution in [2.24, 2.45) is 0 Å². The van der Waals surface area contributed by atoms with E-state index in [0.29, 0.717) is 17.5 Å². The van der Waals surface area contributed by atoms with Crippen LogP contribution in [0.25, 0.3) is 111 Å². The van der Waals surface area contributed by atoms with Gasteiger partial charge < -0.3 is 8.83 Å². The van der Waals surface area contributed by atoms with E-state index >= 15 is 0 Å². The average molecular weight is 718 g/mol. The van der Waals surface area contributed by atoms with Gasteiger partial charge in [0.2, 0.25) is 0 Å². The molecular weight excluding hydrogens is 687 g/mol. The molecule has 5 heteroatoms. The van der Waals surface area contributed by atoms with E-state index < -0.39 is 0 Å². The molecule has 0 radical (unpaired) electrons. The van der Waals surface area contributed by atoms with Gasteiger partial charge in [-0.25, -0.2) is 15.0 Å². The smallest absolute Gasteiger partial charge is 0.164 e. The molecule has 0 bridgehead atoms. The molecule has 0 fully saturated rings. The van der Waals surface area contributed by atoms with Crippen molar-refractivity contribution in [3.05, 3.63) is 188 Å². The minimum absolute atomic E-state index is 0.577. The summed E-state index contributed by atoms with van der Waals surface area (Å²) in [7, 11) is 0. The van der Waals surface area contributed by atoms with E-state index in [-0.39, 0.29) is 0 Å². The summed E-state index contributed by atoms with van der Waals surface area (Å²) < 4.78 is 13.3. The quantitative estimate of drug-likeness (QED) is 0.171. The first kappa shape index (κ1) is 31.9. The molecule has 3 heterocycles. The molecule has 0 amide bonds. The van der Waals surface area contributed by atoms with Gasteiger partial charge in [-0.05, 0) is 58.1 Å². The van der Waals surface area contributed by atoms with E-state index in [9.17, 15) is 0 Å². The lowest BCUT2D eigenvalue weighted by atomic mass is 9.93. The Hall–Kier alpha value is -7.63. The molecule has 11 aromatic rings. The number of fused-ring (bicyclic) bond motifs is 6. The maximum Gasteiger partial charge on any atom is 0.164 e. The fourth-order valence-corrected chi connectivity index (χ4v) is 7.93. The highest BCUT2D eigenvalue weighted by Gasteiger charge is 2.21. The molecule has 0 spiro atoms. The minimum atomic E-state index is 0.577. The molecule has 0 saturated carbocycles. The Morgan fingerprint density at radius 2 is 0.839 bits per heavy atom. The Morgan fingerprint density at radius 1 is 0.286 bits per heavy atom. The Labute approximate surface area is 322 Å². The lowest BCUT2D eigenvalue weighted by Crippen LogP contribution is -2.00. The van der Waals surface area contributed by atoms with Crippen LogP contribution < -0.4 is 0 Å². The second-order valence-electron chi connectivity index (χ2n) is 13.9. The molecule has 262 valence electrons. The molecule has 8 aromatic carbocycles. The standard InChI is InChI=1S/C51H31N3O2/c1-4-15-32(16-5-1)35-21-12-22-36(29-35)50-52-49(34-19-8-3-9-20-34)53-51(54-50)41-26-14-28-44-47(41)40-25-13-24-38(48(40)56-44)37-30-42(33-17-6-2-7-18-33)46-39-23-10-11-27-43(39)55-45(46)31-37/h1-31H. The zero-order chi connectivity index (χ0) is 37.0. The predicted molar refractivity (Wildman–Crippen MR) is 227 cm³/mol. The molecule has 0 N–H and O–H groups in total. The van der Waals surface area contributed by atoms with E-state index in [1.807, 2.05) is 66.7 Å². The SMILES string of the molecule is c1ccc(-c2cccc(-c3nc(-c4ccccc4)nc(-c4cccc5oc6c(-c7cc(-c8ccccc8)c8c(c7)oc7ccccc78)cccc6c45)n3)c2)cc1. The summed E-state index contributed by atoms with van der Waals surface area (Å²) in [5, 5.41) is 4.13. The fourth-order valence-electron chi connectivity index (χ4n) is 7.93. The van der Waals surface area contributed by atoms with Crippen LogP contribution in [0.5, 0.6) is 0 Å². The largest absolute Gasteiger partial charge is 0.456 e. The first-order chi connectivity index (χ1) is 27.7. The summed E-state index contributed by atoms with van der Waals surface area (Å²) in [4.78, 5) is 15.3. The summed E-state index contributed by atoms with van der Waals surface area (Å²) in [5.74, 6) is 1.78. The average Bonchev–Trinajstić information content (AvgIpc) is 3.86. The van der Waals surface area contributed by atoms with E-state index in [4.69, 9.17) is 23.8 Å². The van der Waals surface area contributed by atoms with Crippen molar-refractivity contribution < 1.29 is 8.83 Å². The molecule has 0 atom stereocenters. The highest BCUT2D eigenvalue weighted by Crippen LogP contribution is 2.44. The van der Waals surface area contributed by atoms with Gasteiger partial charge in [0.05, 0.1) is 0 Å². The van der Waals surface area contributed by atoms with Crippen LogP contribution in [0.1, 0.15) is 0 Å². The second-order valence-corrected chi connectivity index (χ2v) is 13.9. The van der Waals surface area contributed by atoms with Gasteiger partial charge in [-0.3, -0.25) is 0 Å². The number of rotatable bonds is 6. The number of hydrogen-bond donors (Lipinski definition) is 0. The normalized spacial score (nSPS) is 11.6. The maximum absolute atomic E-state index is 6.81.